The summed E-state index contributed by atoms with van der Waals surface area (Å²) in [6.07, 6.45) is 0.387. The summed E-state index contributed by atoms with van der Waals surface area (Å²) in [5.41, 5.74) is 0. The fourth-order valence-electron chi connectivity index (χ4n) is 0.768. The molecule has 0 bridgehead atoms. The zero-order chi connectivity index (χ0) is 9.68. The standard InChI is InChI=1S/C7H12N4O2/c1-5-9-7(13-11-5)10-6(12)3-4-8-2/h8H,3-4H2,1-2H3,(H,9,10,11,12). The van der Waals surface area contributed by atoms with Crippen molar-refractivity contribution >= 4 is 11.9 Å². The van der Waals surface area contributed by atoms with Crippen LogP contribution in [0.4, 0.5) is 6.01 Å². The van der Waals surface area contributed by atoms with Crippen LogP contribution in [0.3, 0.4) is 0 Å². The van der Waals surface area contributed by atoms with Crippen molar-refractivity contribution in [2.45, 2.75) is 13.3 Å². The molecule has 72 valence electrons. The van der Waals surface area contributed by atoms with Gasteiger partial charge in [-0.2, -0.15) is 4.98 Å². The third kappa shape index (κ3) is 3.20. The van der Waals surface area contributed by atoms with Crippen molar-refractivity contribution in [3.05, 3.63) is 5.82 Å². The molecule has 6 nitrogen and oxygen atoms in total. The first kappa shape index (κ1) is 9.66. The molecule has 6 heteroatoms. The van der Waals surface area contributed by atoms with E-state index in [9.17, 15) is 4.79 Å². The molecule has 1 rings (SSSR count). The van der Waals surface area contributed by atoms with Gasteiger partial charge in [0.15, 0.2) is 5.82 Å². The largest absolute Gasteiger partial charge is 0.328 e. The van der Waals surface area contributed by atoms with E-state index in [-0.39, 0.29) is 11.9 Å². The van der Waals surface area contributed by atoms with Crippen LogP contribution < -0.4 is 10.6 Å². The minimum absolute atomic E-state index is 0.141. The maximum Gasteiger partial charge on any atom is 0.328 e. The van der Waals surface area contributed by atoms with Crippen LogP contribution in [0.5, 0.6) is 0 Å². The predicted octanol–water partition coefficient (Wildman–Crippen LogP) is -0.0740. The third-order valence-corrected chi connectivity index (χ3v) is 1.38. The number of carbonyl (C=O) groups excluding carboxylic acids is 1. The van der Waals surface area contributed by atoms with Gasteiger partial charge in [-0.1, -0.05) is 5.16 Å². The Morgan fingerprint density at radius 2 is 2.38 bits per heavy atom. The highest BCUT2D eigenvalue weighted by Crippen LogP contribution is 2.01. The van der Waals surface area contributed by atoms with Gasteiger partial charge >= 0.3 is 6.01 Å². The van der Waals surface area contributed by atoms with Crippen molar-refractivity contribution in [1.82, 2.24) is 15.5 Å². The molecule has 0 unspecified atom stereocenters. The smallest absolute Gasteiger partial charge is 0.319 e. The number of amides is 1. The van der Waals surface area contributed by atoms with Gasteiger partial charge < -0.3 is 9.84 Å². The molecule has 0 radical (unpaired) electrons. The van der Waals surface area contributed by atoms with Crippen molar-refractivity contribution < 1.29 is 9.32 Å². The molecule has 1 aromatic heterocycles. The summed E-state index contributed by atoms with van der Waals surface area (Å²) < 4.78 is 4.70. The van der Waals surface area contributed by atoms with E-state index >= 15 is 0 Å². The van der Waals surface area contributed by atoms with Crippen molar-refractivity contribution in [1.29, 1.82) is 0 Å². The van der Waals surface area contributed by atoms with Gasteiger partial charge in [0.2, 0.25) is 5.91 Å². The molecule has 0 aliphatic rings. The summed E-state index contributed by atoms with van der Waals surface area (Å²) >= 11 is 0. The maximum absolute atomic E-state index is 11.1. The lowest BCUT2D eigenvalue weighted by Gasteiger charge is -1.98. The van der Waals surface area contributed by atoms with E-state index in [0.717, 1.165) is 0 Å². The Hall–Kier alpha value is -1.43. The molecule has 13 heavy (non-hydrogen) atoms. The van der Waals surface area contributed by atoms with E-state index < -0.39 is 0 Å². The van der Waals surface area contributed by atoms with Crippen LogP contribution in [0.15, 0.2) is 4.52 Å². The number of aryl methyl sites for hydroxylation is 1. The first-order valence-electron chi connectivity index (χ1n) is 3.97. The monoisotopic (exact) mass is 184 g/mol. The lowest BCUT2D eigenvalue weighted by molar-refractivity contribution is -0.116. The number of anilines is 1. The molecule has 0 spiro atoms. The highest BCUT2D eigenvalue weighted by molar-refractivity contribution is 5.88. The quantitative estimate of drug-likeness (QED) is 0.684. The fourth-order valence-corrected chi connectivity index (χ4v) is 0.768. The molecule has 1 heterocycles. The van der Waals surface area contributed by atoms with Crippen LogP contribution in [0, 0.1) is 6.92 Å². The van der Waals surface area contributed by atoms with Crippen LogP contribution in [-0.4, -0.2) is 29.6 Å². The van der Waals surface area contributed by atoms with Crippen LogP contribution >= 0.6 is 0 Å². The van der Waals surface area contributed by atoms with Crippen molar-refractivity contribution in [2.75, 3.05) is 18.9 Å². The highest BCUT2D eigenvalue weighted by atomic mass is 16.5. The molecule has 0 aromatic carbocycles. The van der Waals surface area contributed by atoms with Crippen LogP contribution in [-0.2, 0) is 4.79 Å². The van der Waals surface area contributed by atoms with Gasteiger partial charge in [-0.25, -0.2) is 0 Å². The maximum atomic E-state index is 11.1. The van der Waals surface area contributed by atoms with Crippen LogP contribution in [0.1, 0.15) is 12.2 Å². The lowest BCUT2D eigenvalue weighted by atomic mass is 10.4. The lowest BCUT2D eigenvalue weighted by Crippen LogP contribution is -2.18. The van der Waals surface area contributed by atoms with E-state index in [1.54, 1.807) is 14.0 Å². The molecule has 0 aliphatic heterocycles. The van der Waals surface area contributed by atoms with Gasteiger partial charge in [0, 0.05) is 13.0 Å². The van der Waals surface area contributed by atoms with Gasteiger partial charge in [-0.3, -0.25) is 10.1 Å². The second kappa shape index (κ2) is 4.56. The molecular formula is C7H12N4O2. The van der Waals surface area contributed by atoms with E-state index in [1.807, 2.05) is 0 Å². The second-order valence-electron chi connectivity index (χ2n) is 2.55. The molecule has 0 atom stereocenters. The summed E-state index contributed by atoms with van der Waals surface area (Å²) in [5.74, 6) is 0.363. The topological polar surface area (TPSA) is 80.0 Å². The van der Waals surface area contributed by atoms with Gasteiger partial charge in [0.1, 0.15) is 0 Å². The van der Waals surface area contributed by atoms with Crippen molar-refractivity contribution in [3.63, 3.8) is 0 Å². The number of hydrogen-bond acceptors (Lipinski definition) is 5. The number of aromatic nitrogens is 2. The van der Waals surface area contributed by atoms with Crippen LogP contribution in [0.2, 0.25) is 0 Å². The molecule has 0 saturated heterocycles. The first-order valence-corrected chi connectivity index (χ1v) is 3.97. The molecule has 0 saturated carbocycles. The van der Waals surface area contributed by atoms with Crippen LogP contribution in [0.25, 0.3) is 0 Å². The zero-order valence-electron chi connectivity index (χ0n) is 7.63. The summed E-state index contributed by atoms with van der Waals surface area (Å²) in [6, 6.07) is 0.151. The van der Waals surface area contributed by atoms with Gasteiger partial charge in [-0.05, 0) is 14.0 Å². The summed E-state index contributed by atoms with van der Waals surface area (Å²) in [5, 5.41) is 8.87. The van der Waals surface area contributed by atoms with Gasteiger partial charge in [0.05, 0.1) is 0 Å². The fraction of sp³-hybridized carbons (Fsp3) is 0.571. The number of nitrogens with one attached hydrogen (secondary N) is 2. The highest BCUT2D eigenvalue weighted by Gasteiger charge is 2.06. The molecule has 0 fully saturated rings. The summed E-state index contributed by atoms with van der Waals surface area (Å²) in [6.45, 7) is 2.31. The Morgan fingerprint density at radius 3 is 2.92 bits per heavy atom. The van der Waals surface area contributed by atoms with E-state index in [2.05, 4.69) is 20.8 Å². The molecular weight excluding hydrogens is 172 g/mol. The molecule has 2 N–H and O–H groups in total. The normalized spacial score (nSPS) is 10.0. The first-order chi connectivity index (χ1) is 6.22. The minimum Gasteiger partial charge on any atom is -0.319 e. The SMILES string of the molecule is CNCCC(=O)Nc1nc(C)no1. The van der Waals surface area contributed by atoms with E-state index in [0.29, 0.717) is 18.8 Å². The average Bonchev–Trinajstić information content (AvgIpc) is 2.48. The van der Waals surface area contributed by atoms with Gasteiger partial charge in [-0.15, -0.1) is 0 Å². The Bertz CT molecular complexity index is 284. The van der Waals surface area contributed by atoms with E-state index in [1.165, 1.54) is 0 Å². The number of nitrogens with zero attached hydrogens (tertiary/aromatic N) is 2. The Kier molecular flexibility index (Phi) is 3.39. The summed E-state index contributed by atoms with van der Waals surface area (Å²) in [7, 11) is 1.78. The summed E-state index contributed by atoms with van der Waals surface area (Å²) in [4.78, 5) is 14.9. The predicted molar refractivity (Wildman–Crippen MR) is 46.2 cm³/mol. The Balaban J connectivity index is 2.36. The third-order valence-electron chi connectivity index (χ3n) is 1.38. The number of hydrogen-bond donors (Lipinski definition) is 2. The molecule has 0 aliphatic carbocycles. The zero-order valence-corrected chi connectivity index (χ0v) is 7.63. The van der Waals surface area contributed by atoms with E-state index in [4.69, 9.17) is 4.52 Å². The average molecular weight is 184 g/mol. The molecule has 1 aromatic rings. The van der Waals surface area contributed by atoms with Crippen molar-refractivity contribution in [2.24, 2.45) is 0 Å². The number of rotatable bonds is 4. The van der Waals surface area contributed by atoms with Crippen molar-refractivity contribution in [3.8, 4) is 0 Å². The Labute approximate surface area is 75.7 Å². The Morgan fingerprint density at radius 1 is 1.62 bits per heavy atom. The second-order valence-corrected chi connectivity index (χ2v) is 2.55. The minimum atomic E-state index is -0.141. The number of carbonyl (C=O) groups is 1. The van der Waals surface area contributed by atoms with Gasteiger partial charge in [0.25, 0.3) is 0 Å². The molecule has 1 amide bonds.